The summed E-state index contributed by atoms with van der Waals surface area (Å²) in [5, 5.41) is 30.7. The van der Waals surface area contributed by atoms with Gasteiger partial charge >= 0.3 is 5.97 Å². The van der Waals surface area contributed by atoms with Gasteiger partial charge < -0.3 is 24.8 Å². The molecule has 1 aromatic rings. The quantitative estimate of drug-likeness (QED) is 0.298. The van der Waals surface area contributed by atoms with Gasteiger partial charge in [-0.1, -0.05) is 42.5 Å². The zero-order chi connectivity index (χ0) is 21.1. The van der Waals surface area contributed by atoms with E-state index in [-0.39, 0.29) is 24.4 Å². The van der Waals surface area contributed by atoms with Crippen LogP contribution in [0.1, 0.15) is 32.1 Å². The molecule has 0 heterocycles. The van der Waals surface area contributed by atoms with Crippen molar-refractivity contribution in [3.8, 4) is 5.75 Å². The number of unbranched alkanes of at least 4 members (excludes halogenated alkanes) is 1. The highest BCUT2D eigenvalue weighted by molar-refractivity contribution is 5.69. The third kappa shape index (κ3) is 8.01. The van der Waals surface area contributed by atoms with Crippen LogP contribution < -0.4 is 4.74 Å². The summed E-state index contributed by atoms with van der Waals surface area (Å²) in [4.78, 5) is 11.1. The topological polar surface area (TPSA) is 96.2 Å². The van der Waals surface area contributed by atoms with E-state index >= 15 is 0 Å². The summed E-state index contributed by atoms with van der Waals surface area (Å²) in [5.74, 6) is 0.135. The number of carbonyl (C=O) groups is 1. The van der Waals surface area contributed by atoms with Crippen molar-refractivity contribution in [2.24, 2.45) is 11.8 Å². The smallest absolute Gasteiger partial charge is 0.305 e. The first kappa shape index (κ1) is 23.1. The molecular formula is C23H32O6. The van der Waals surface area contributed by atoms with E-state index in [1.807, 2.05) is 42.5 Å². The first-order valence-corrected chi connectivity index (χ1v) is 10.1. The van der Waals surface area contributed by atoms with Gasteiger partial charge in [0.1, 0.15) is 18.5 Å². The highest BCUT2D eigenvalue weighted by Crippen LogP contribution is 2.36. The average molecular weight is 405 g/mol. The number of esters is 1. The van der Waals surface area contributed by atoms with E-state index in [0.29, 0.717) is 25.0 Å². The first-order valence-electron chi connectivity index (χ1n) is 10.1. The highest BCUT2D eigenvalue weighted by Gasteiger charge is 2.39. The van der Waals surface area contributed by atoms with Gasteiger partial charge in [-0.3, -0.25) is 4.79 Å². The van der Waals surface area contributed by atoms with Crippen LogP contribution in [0.15, 0.2) is 54.6 Å². The van der Waals surface area contributed by atoms with Gasteiger partial charge in [0.05, 0.1) is 19.3 Å². The maximum Gasteiger partial charge on any atom is 0.305 e. The fraction of sp³-hybridized carbons (Fsp3) is 0.522. The second kappa shape index (κ2) is 12.4. The fourth-order valence-corrected chi connectivity index (χ4v) is 3.55. The van der Waals surface area contributed by atoms with E-state index in [2.05, 4.69) is 4.74 Å². The van der Waals surface area contributed by atoms with Crippen LogP contribution in [0.25, 0.3) is 0 Å². The predicted molar refractivity (Wildman–Crippen MR) is 110 cm³/mol. The fourth-order valence-electron chi connectivity index (χ4n) is 3.55. The highest BCUT2D eigenvalue weighted by atomic mass is 16.5. The zero-order valence-electron chi connectivity index (χ0n) is 16.9. The van der Waals surface area contributed by atoms with Crippen molar-refractivity contribution in [3.05, 3.63) is 54.6 Å². The van der Waals surface area contributed by atoms with Crippen molar-refractivity contribution >= 4 is 5.97 Å². The average Bonchev–Trinajstić information content (AvgIpc) is 3.00. The van der Waals surface area contributed by atoms with Gasteiger partial charge in [-0.25, -0.2) is 0 Å². The SMILES string of the molecule is COC(=O)CCC/C=C/C[C@H]1[C@H](C=C[C@@H](O)COc2ccccc2)[C@H](O)C[C@@H]1O. The minimum absolute atomic E-state index is 0.111. The van der Waals surface area contributed by atoms with Crippen molar-refractivity contribution in [2.45, 2.75) is 50.4 Å². The molecule has 0 amide bonds. The predicted octanol–water partition coefficient (Wildman–Crippen LogP) is 2.63. The number of methoxy groups -OCH3 is 1. The second-order valence-electron chi connectivity index (χ2n) is 7.36. The van der Waals surface area contributed by atoms with Crippen molar-refractivity contribution in [2.75, 3.05) is 13.7 Å². The van der Waals surface area contributed by atoms with Crippen LogP contribution in [-0.2, 0) is 9.53 Å². The van der Waals surface area contributed by atoms with Crippen LogP contribution in [-0.4, -0.2) is 53.3 Å². The van der Waals surface area contributed by atoms with Crippen LogP contribution in [0, 0.1) is 11.8 Å². The minimum Gasteiger partial charge on any atom is -0.491 e. The lowest BCUT2D eigenvalue weighted by Gasteiger charge is -2.19. The number of hydrogen-bond donors (Lipinski definition) is 3. The molecule has 0 aromatic heterocycles. The molecule has 0 saturated heterocycles. The van der Waals surface area contributed by atoms with Crippen molar-refractivity contribution < 1.29 is 29.6 Å². The Morgan fingerprint density at radius 1 is 1.21 bits per heavy atom. The van der Waals surface area contributed by atoms with E-state index in [4.69, 9.17) is 4.74 Å². The summed E-state index contributed by atoms with van der Waals surface area (Å²) in [5.41, 5.74) is 0. The molecule has 0 radical (unpaired) electrons. The lowest BCUT2D eigenvalue weighted by molar-refractivity contribution is -0.140. The standard InChI is InChI=1S/C23H32O6/c1-28-23(27)12-8-3-2-7-11-19-20(22(26)15-21(19)25)14-13-17(24)16-29-18-9-5-4-6-10-18/h2,4-7,9-10,13-14,17,19-22,24-26H,3,8,11-12,15-16H2,1H3/b7-2+,14-13?/t17-,19+,20+,21+,22-/m1/s1. The lowest BCUT2D eigenvalue weighted by atomic mass is 9.89. The Balaban J connectivity index is 1.80. The number of benzene rings is 1. The molecule has 6 nitrogen and oxygen atoms in total. The first-order chi connectivity index (χ1) is 14.0. The number of hydrogen-bond acceptors (Lipinski definition) is 6. The summed E-state index contributed by atoms with van der Waals surface area (Å²) in [6.45, 7) is 0.122. The van der Waals surface area contributed by atoms with Crippen molar-refractivity contribution in [1.82, 2.24) is 0 Å². The number of para-hydroxylation sites is 1. The molecule has 1 fully saturated rings. The Kier molecular flexibility index (Phi) is 9.91. The van der Waals surface area contributed by atoms with Crippen LogP contribution >= 0.6 is 0 Å². The molecule has 29 heavy (non-hydrogen) atoms. The summed E-state index contributed by atoms with van der Waals surface area (Å²) in [6.07, 6.45) is 8.19. The van der Waals surface area contributed by atoms with E-state index in [0.717, 1.165) is 12.8 Å². The summed E-state index contributed by atoms with van der Waals surface area (Å²) in [6, 6.07) is 9.26. The number of rotatable bonds is 11. The molecule has 0 spiro atoms. The summed E-state index contributed by atoms with van der Waals surface area (Å²) >= 11 is 0. The molecule has 1 saturated carbocycles. The molecule has 0 bridgehead atoms. The van der Waals surface area contributed by atoms with E-state index in [1.165, 1.54) is 7.11 Å². The van der Waals surface area contributed by atoms with E-state index in [9.17, 15) is 20.1 Å². The number of ether oxygens (including phenoxy) is 2. The molecule has 160 valence electrons. The van der Waals surface area contributed by atoms with Crippen LogP contribution in [0.2, 0.25) is 0 Å². The third-order valence-corrected chi connectivity index (χ3v) is 5.19. The maximum absolute atomic E-state index is 11.1. The van der Waals surface area contributed by atoms with Gasteiger partial charge in [-0.15, -0.1) is 0 Å². The zero-order valence-corrected chi connectivity index (χ0v) is 16.9. The van der Waals surface area contributed by atoms with Gasteiger partial charge in [0.15, 0.2) is 0 Å². The summed E-state index contributed by atoms with van der Waals surface area (Å²) in [7, 11) is 1.38. The molecule has 0 aliphatic heterocycles. The Morgan fingerprint density at radius 3 is 2.69 bits per heavy atom. The number of allylic oxidation sites excluding steroid dienone is 2. The number of carbonyl (C=O) groups excluding carboxylic acids is 1. The van der Waals surface area contributed by atoms with Crippen molar-refractivity contribution in [1.29, 1.82) is 0 Å². The van der Waals surface area contributed by atoms with Crippen LogP contribution in [0.3, 0.4) is 0 Å². The minimum atomic E-state index is -0.797. The molecule has 0 unspecified atom stereocenters. The van der Waals surface area contributed by atoms with E-state index in [1.54, 1.807) is 12.2 Å². The van der Waals surface area contributed by atoms with Crippen LogP contribution in [0.5, 0.6) is 5.75 Å². The second-order valence-corrected chi connectivity index (χ2v) is 7.36. The Morgan fingerprint density at radius 2 is 1.97 bits per heavy atom. The molecule has 2 rings (SSSR count). The number of aliphatic hydroxyl groups is 3. The van der Waals surface area contributed by atoms with Gasteiger partial charge in [0, 0.05) is 18.8 Å². The summed E-state index contributed by atoms with van der Waals surface area (Å²) < 4.78 is 10.1. The molecule has 1 aliphatic rings. The maximum atomic E-state index is 11.1. The molecule has 3 N–H and O–H groups in total. The Labute approximate surface area is 172 Å². The monoisotopic (exact) mass is 404 g/mol. The third-order valence-electron chi connectivity index (χ3n) is 5.19. The lowest BCUT2D eigenvalue weighted by Crippen LogP contribution is -2.21. The largest absolute Gasteiger partial charge is 0.491 e. The molecule has 5 atom stereocenters. The van der Waals surface area contributed by atoms with E-state index < -0.39 is 18.3 Å². The molecular weight excluding hydrogens is 372 g/mol. The number of aliphatic hydroxyl groups excluding tert-OH is 3. The normalized spacial score (nSPS) is 25.5. The molecule has 6 heteroatoms. The van der Waals surface area contributed by atoms with Gasteiger partial charge in [-0.05, 0) is 37.3 Å². The molecule has 1 aliphatic carbocycles. The molecule has 1 aromatic carbocycles. The Bertz CT molecular complexity index is 657. The Hall–Kier alpha value is -2.15. The van der Waals surface area contributed by atoms with Gasteiger partial charge in [0.2, 0.25) is 0 Å². The van der Waals surface area contributed by atoms with Crippen LogP contribution in [0.4, 0.5) is 0 Å². The van der Waals surface area contributed by atoms with Gasteiger partial charge in [-0.2, -0.15) is 0 Å². The van der Waals surface area contributed by atoms with Crippen molar-refractivity contribution in [3.63, 3.8) is 0 Å². The van der Waals surface area contributed by atoms with Gasteiger partial charge in [0.25, 0.3) is 0 Å².